The van der Waals surface area contributed by atoms with Crippen LogP contribution in [-0.2, 0) is 4.74 Å². The molecule has 1 fully saturated rings. The molecule has 0 bridgehead atoms. The van der Waals surface area contributed by atoms with Gasteiger partial charge in [0.05, 0.1) is 6.61 Å². The van der Waals surface area contributed by atoms with E-state index in [0.717, 1.165) is 31.9 Å². The van der Waals surface area contributed by atoms with Crippen LogP contribution in [0.5, 0.6) is 0 Å². The summed E-state index contributed by atoms with van der Waals surface area (Å²) in [6, 6.07) is 7.61. The van der Waals surface area contributed by atoms with Crippen molar-refractivity contribution in [3.63, 3.8) is 0 Å². The molecule has 1 aliphatic rings. The number of hydrogen-bond donors (Lipinski definition) is 1. The highest BCUT2D eigenvalue weighted by molar-refractivity contribution is 5.56. The number of ether oxygens (including phenoxy) is 1. The second kappa shape index (κ2) is 6.32. The maximum Gasteiger partial charge on any atom is 0.522 e. The van der Waals surface area contributed by atoms with Crippen molar-refractivity contribution in [3.8, 4) is 0 Å². The number of anilines is 2. The van der Waals surface area contributed by atoms with Crippen LogP contribution in [-0.4, -0.2) is 50.6 Å². The Labute approximate surface area is 115 Å². The van der Waals surface area contributed by atoms with Crippen LogP contribution in [0.3, 0.4) is 0 Å². The summed E-state index contributed by atoms with van der Waals surface area (Å²) in [6.07, 6.45) is -4.54. The molecule has 0 saturated carbocycles. The Balaban J connectivity index is 1.75. The normalized spacial score (nSPS) is 17.4. The number of rotatable bonds is 4. The number of piperazine rings is 1. The number of nitrogen functional groups attached to an aromatic ring is 1. The van der Waals surface area contributed by atoms with Crippen LogP contribution >= 0.6 is 0 Å². The molecule has 0 aromatic heterocycles. The lowest BCUT2D eigenvalue weighted by molar-refractivity contribution is -0.325. The highest BCUT2D eigenvalue weighted by atomic mass is 19.4. The fourth-order valence-electron chi connectivity index (χ4n) is 2.24. The van der Waals surface area contributed by atoms with Gasteiger partial charge in [-0.2, -0.15) is 0 Å². The quantitative estimate of drug-likeness (QED) is 0.860. The van der Waals surface area contributed by atoms with E-state index in [2.05, 4.69) is 9.64 Å². The van der Waals surface area contributed by atoms with Gasteiger partial charge >= 0.3 is 6.36 Å². The van der Waals surface area contributed by atoms with E-state index in [1.807, 2.05) is 29.2 Å². The molecule has 112 valence electrons. The van der Waals surface area contributed by atoms with Gasteiger partial charge in [0.25, 0.3) is 0 Å². The van der Waals surface area contributed by atoms with Crippen molar-refractivity contribution in [2.24, 2.45) is 0 Å². The second-order valence-electron chi connectivity index (χ2n) is 4.72. The van der Waals surface area contributed by atoms with E-state index in [1.165, 1.54) is 0 Å². The van der Waals surface area contributed by atoms with Crippen LogP contribution < -0.4 is 10.6 Å². The molecule has 0 unspecified atom stereocenters. The van der Waals surface area contributed by atoms with Gasteiger partial charge in [0.1, 0.15) is 0 Å². The van der Waals surface area contributed by atoms with Gasteiger partial charge in [0, 0.05) is 44.1 Å². The Hall–Kier alpha value is -1.47. The van der Waals surface area contributed by atoms with E-state index in [1.54, 1.807) is 0 Å². The summed E-state index contributed by atoms with van der Waals surface area (Å²) in [7, 11) is 0. The maximum absolute atomic E-state index is 11.9. The highest BCUT2D eigenvalue weighted by Crippen LogP contribution is 2.19. The Morgan fingerprint density at radius 3 is 2.45 bits per heavy atom. The van der Waals surface area contributed by atoms with E-state index in [-0.39, 0.29) is 6.61 Å². The predicted octanol–water partition coefficient (Wildman–Crippen LogP) is 1.93. The SMILES string of the molecule is Nc1cccc(N2CCN(CCOC(F)(F)F)CC2)c1. The van der Waals surface area contributed by atoms with Crippen molar-refractivity contribution in [3.05, 3.63) is 24.3 Å². The predicted molar refractivity (Wildman–Crippen MR) is 71.5 cm³/mol. The molecular formula is C13H18F3N3O. The molecule has 4 nitrogen and oxygen atoms in total. The summed E-state index contributed by atoms with van der Waals surface area (Å²) in [6.45, 7) is 2.96. The van der Waals surface area contributed by atoms with Crippen molar-refractivity contribution in [1.82, 2.24) is 4.90 Å². The molecule has 0 atom stereocenters. The number of halogens is 3. The highest BCUT2D eigenvalue weighted by Gasteiger charge is 2.29. The van der Waals surface area contributed by atoms with Gasteiger partial charge in [0.15, 0.2) is 0 Å². The van der Waals surface area contributed by atoms with E-state index in [0.29, 0.717) is 12.2 Å². The Kier molecular flexibility index (Phi) is 4.72. The minimum atomic E-state index is -4.54. The Bertz CT molecular complexity index is 431. The third-order valence-electron chi connectivity index (χ3n) is 3.28. The first-order valence-corrected chi connectivity index (χ1v) is 6.47. The molecule has 1 aromatic carbocycles. The van der Waals surface area contributed by atoms with Gasteiger partial charge in [0.2, 0.25) is 0 Å². The molecule has 2 N–H and O–H groups in total. The van der Waals surface area contributed by atoms with E-state index in [9.17, 15) is 13.2 Å². The van der Waals surface area contributed by atoms with E-state index >= 15 is 0 Å². The van der Waals surface area contributed by atoms with Crippen LogP contribution in [0.4, 0.5) is 24.5 Å². The number of nitrogens with zero attached hydrogens (tertiary/aromatic N) is 2. The number of benzene rings is 1. The molecule has 0 radical (unpaired) electrons. The molecule has 1 saturated heterocycles. The third-order valence-corrected chi connectivity index (χ3v) is 3.28. The minimum Gasteiger partial charge on any atom is -0.399 e. The summed E-state index contributed by atoms with van der Waals surface area (Å²) in [4.78, 5) is 4.14. The molecular weight excluding hydrogens is 271 g/mol. The van der Waals surface area contributed by atoms with Crippen molar-refractivity contribution in [2.75, 3.05) is 50.0 Å². The van der Waals surface area contributed by atoms with Gasteiger partial charge in [-0.15, -0.1) is 13.2 Å². The fraction of sp³-hybridized carbons (Fsp3) is 0.538. The fourth-order valence-corrected chi connectivity index (χ4v) is 2.24. The lowest BCUT2D eigenvalue weighted by Gasteiger charge is -2.36. The second-order valence-corrected chi connectivity index (χ2v) is 4.72. The number of hydrogen-bond acceptors (Lipinski definition) is 4. The standard InChI is InChI=1S/C13H18F3N3O/c14-13(15,16)20-9-8-18-4-6-19(7-5-18)12-3-1-2-11(17)10-12/h1-3,10H,4-9,17H2. The number of alkyl halides is 3. The lowest BCUT2D eigenvalue weighted by atomic mass is 10.2. The molecule has 0 spiro atoms. The first kappa shape index (κ1) is 14.9. The number of nitrogens with two attached hydrogens (primary N) is 1. The smallest absolute Gasteiger partial charge is 0.399 e. The topological polar surface area (TPSA) is 41.7 Å². The zero-order chi connectivity index (χ0) is 14.6. The summed E-state index contributed by atoms with van der Waals surface area (Å²) < 4.78 is 39.4. The summed E-state index contributed by atoms with van der Waals surface area (Å²) in [5, 5.41) is 0. The van der Waals surface area contributed by atoms with Crippen LogP contribution in [0.1, 0.15) is 0 Å². The van der Waals surface area contributed by atoms with Gasteiger partial charge in [-0.05, 0) is 18.2 Å². The van der Waals surface area contributed by atoms with Crippen molar-refractivity contribution >= 4 is 11.4 Å². The summed E-state index contributed by atoms with van der Waals surface area (Å²) in [5.41, 5.74) is 7.50. The monoisotopic (exact) mass is 289 g/mol. The van der Waals surface area contributed by atoms with E-state index in [4.69, 9.17) is 5.73 Å². The first-order valence-electron chi connectivity index (χ1n) is 6.47. The van der Waals surface area contributed by atoms with Gasteiger partial charge in [-0.25, -0.2) is 0 Å². The zero-order valence-electron chi connectivity index (χ0n) is 11.1. The average molecular weight is 289 g/mol. The van der Waals surface area contributed by atoms with Crippen molar-refractivity contribution < 1.29 is 17.9 Å². The maximum atomic E-state index is 11.9. The molecule has 0 amide bonds. The molecule has 20 heavy (non-hydrogen) atoms. The average Bonchev–Trinajstić information content (AvgIpc) is 2.38. The Morgan fingerprint density at radius 2 is 1.85 bits per heavy atom. The van der Waals surface area contributed by atoms with Crippen LogP contribution in [0.15, 0.2) is 24.3 Å². The van der Waals surface area contributed by atoms with Crippen LogP contribution in [0.25, 0.3) is 0 Å². The van der Waals surface area contributed by atoms with E-state index < -0.39 is 6.36 Å². The van der Waals surface area contributed by atoms with Crippen molar-refractivity contribution in [1.29, 1.82) is 0 Å². The minimum absolute atomic E-state index is 0.296. The van der Waals surface area contributed by atoms with Gasteiger partial charge in [-0.3, -0.25) is 9.64 Å². The summed E-state index contributed by atoms with van der Waals surface area (Å²) >= 11 is 0. The Morgan fingerprint density at radius 1 is 1.15 bits per heavy atom. The zero-order valence-corrected chi connectivity index (χ0v) is 11.1. The lowest BCUT2D eigenvalue weighted by Crippen LogP contribution is -2.47. The third kappa shape index (κ3) is 4.57. The van der Waals surface area contributed by atoms with Gasteiger partial charge < -0.3 is 10.6 Å². The molecule has 7 heteroatoms. The van der Waals surface area contributed by atoms with Crippen molar-refractivity contribution in [2.45, 2.75) is 6.36 Å². The summed E-state index contributed by atoms with van der Waals surface area (Å²) in [5.74, 6) is 0. The molecule has 1 aliphatic heterocycles. The molecule has 1 aromatic rings. The largest absolute Gasteiger partial charge is 0.522 e. The molecule has 0 aliphatic carbocycles. The van der Waals surface area contributed by atoms with Crippen LogP contribution in [0, 0.1) is 0 Å². The van der Waals surface area contributed by atoms with Gasteiger partial charge in [-0.1, -0.05) is 6.07 Å². The first-order chi connectivity index (χ1) is 9.44. The molecule has 1 heterocycles. The van der Waals surface area contributed by atoms with Crippen LogP contribution in [0.2, 0.25) is 0 Å². The molecule has 2 rings (SSSR count).